The largest absolute Gasteiger partial charge is 0.478 e. The number of pyridine rings is 1. The maximum absolute atomic E-state index is 11.9. The van der Waals surface area contributed by atoms with Crippen molar-refractivity contribution in [2.75, 3.05) is 0 Å². The van der Waals surface area contributed by atoms with Crippen molar-refractivity contribution in [2.45, 2.75) is 32.2 Å². The zero-order valence-electron chi connectivity index (χ0n) is 10.9. The van der Waals surface area contributed by atoms with Crippen molar-refractivity contribution >= 4 is 11.9 Å². The van der Waals surface area contributed by atoms with Crippen molar-refractivity contribution in [3.05, 3.63) is 42.2 Å². The summed E-state index contributed by atoms with van der Waals surface area (Å²) < 4.78 is 0. The molecule has 1 aromatic rings. The van der Waals surface area contributed by atoms with E-state index in [1.54, 1.807) is 0 Å². The molecule has 19 heavy (non-hydrogen) atoms. The number of nitrogens with one attached hydrogen (secondary N) is 1. The number of amides is 1. The van der Waals surface area contributed by atoms with Gasteiger partial charge in [0.1, 0.15) is 5.69 Å². The summed E-state index contributed by atoms with van der Waals surface area (Å²) in [4.78, 5) is 26.6. The Morgan fingerprint density at radius 1 is 1.58 bits per heavy atom. The van der Waals surface area contributed by atoms with Crippen LogP contribution < -0.4 is 5.32 Å². The molecule has 0 aromatic carbocycles. The highest BCUT2D eigenvalue weighted by molar-refractivity contribution is 5.95. The van der Waals surface area contributed by atoms with Crippen LogP contribution in [-0.4, -0.2) is 28.0 Å². The molecule has 0 aliphatic heterocycles. The van der Waals surface area contributed by atoms with Gasteiger partial charge in [-0.15, -0.1) is 6.58 Å². The van der Waals surface area contributed by atoms with Gasteiger partial charge in [0.25, 0.3) is 5.91 Å². The van der Waals surface area contributed by atoms with Gasteiger partial charge >= 0.3 is 5.97 Å². The maximum atomic E-state index is 11.9. The number of carbonyl (C=O) groups excluding carboxylic acids is 1. The Labute approximate surface area is 112 Å². The first-order chi connectivity index (χ1) is 9.04. The van der Waals surface area contributed by atoms with Crippen molar-refractivity contribution in [1.82, 2.24) is 10.3 Å². The van der Waals surface area contributed by atoms with Crippen LogP contribution in [0.4, 0.5) is 0 Å². The third kappa shape index (κ3) is 4.91. The monoisotopic (exact) mass is 262 g/mol. The Balaban J connectivity index is 2.60. The van der Waals surface area contributed by atoms with E-state index in [0.29, 0.717) is 0 Å². The van der Waals surface area contributed by atoms with Crippen LogP contribution in [0.2, 0.25) is 0 Å². The molecular weight excluding hydrogens is 244 g/mol. The van der Waals surface area contributed by atoms with Crippen LogP contribution >= 0.6 is 0 Å². The molecule has 0 saturated carbocycles. The van der Waals surface area contributed by atoms with Gasteiger partial charge < -0.3 is 10.4 Å². The fourth-order valence-electron chi connectivity index (χ4n) is 1.63. The normalized spacial score (nSPS) is 11.6. The third-order valence-electron chi connectivity index (χ3n) is 2.66. The lowest BCUT2D eigenvalue weighted by Crippen LogP contribution is -2.33. The van der Waals surface area contributed by atoms with E-state index in [-0.39, 0.29) is 23.2 Å². The summed E-state index contributed by atoms with van der Waals surface area (Å²) in [5.74, 6) is -1.43. The molecule has 0 aliphatic carbocycles. The van der Waals surface area contributed by atoms with Crippen molar-refractivity contribution in [3.63, 3.8) is 0 Å². The summed E-state index contributed by atoms with van der Waals surface area (Å²) in [6, 6.07) is 2.64. The number of unbranched alkanes of at least 4 members (excludes halogenated alkanes) is 1. The molecule has 2 N–H and O–H groups in total. The Kier molecular flexibility index (Phi) is 5.73. The first-order valence-electron chi connectivity index (χ1n) is 6.15. The SMILES string of the molecule is C=CCCCC(C)NC(=O)c1cc(C(=O)O)ccn1. The minimum atomic E-state index is -1.07. The number of aromatic carboxylic acids is 1. The van der Waals surface area contributed by atoms with E-state index in [1.165, 1.54) is 18.3 Å². The second kappa shape index (κ2) is 7.31. The smallest absolute Gasteiger partial charge is 0.335 e. The minimum absolute atomic E-state index is 0.0164. The average Bonchev–Trinajstić information content (AvgIpc) is 2.39. The van der Waals surface area contributed by atoms with Crippen LogP contribution in [0.3, 0.4) is 0 Å². The summed E-state index contributed by atoms with van der Waals surface area (Å²) in [6.07, 6.45) is 5.87. The molecule has 1 aromatic heterocycles. The molecule has 0 aliphatic rings. The minimum Gasteiger partial charge on any atom is -0.478 e. The lowest BCUT2D eigenvalue weighted by molar-refractivity contribution is 0.0696. The van der Waals surface area contributed by atoms with Crippen molar-refractivity contribution < 1.29 is 14.7 Å². The van der Waals surface area contributed by atoms with Crippen LogP contribution in [0.1, 0.15) is 47.0 Å². The first kappa shape index (κ1) is 14.9. The molecule has 1 amide bonds. The van der Waals surface area contributed by atoms with Gasteiger partial charge in [0.15, 0.2) is 0 Å². The van der Waals surface area contributed by atoms with E-state index in [1.807, 2.05) is 13.0 Å². The number of rotatable bonds is 7. The van der Waals surface area contributed by atoms with E-state index in [2.05, 4.69) is 16.9 Å². The molecule has 5 nitrogen and oxygen atoms in total. The van der Waals surface area contributed by atoms with Gasteiger partial charge in [-0.1, -0.05) is 6.08 Å². The number of carbonyl (C=O) groups is 2. The molecule has 0 spiro atoms. The van der Waals surface area contributed by atoms with E-state index in [0.717, 1.165) is 19.3 Å². The van der Waals surface area contributed by atoms with Crippen molar-refractivity contribution in [2.24, 2.45) is 0 Å². The van der Waals surface area contributed by atoms with Gasteiger partial charge in [0, 0.05) is 12.2 Å². The summed E-state index contributed by atoms with van der Waals surface area (Å²) in [6.45, 7) is 5.54. The van der Waals surface area contributed by atoms with Crippen molar-refractivity contribution in [1.29, 1.82) is 0 Å². The van der Waals surface area contributed by atoms with E-state index < -0.39 is 5.97 Å². The number of carboxylic acids is 1. The highest BCUT2D eigenvalue weighted by Gasteiger charge is 2.13. The summed E-state index contributed by atoms with van der Waals surface area (Å²) in [5, 5.41) is 11.6. The summed E-state index contributed by atoms with van der Waals surface area (Å²) in [5.41, 5.74) is 0.176. The van der Waals surface area contributed by atoms with Gasteiger partial charge in [0.05, 0.1) is 5.56 Å². The molecule has 0 saturated heterocycles. The Bertz CT molecular complexity index is 472. The van der Waals surface area contributed by atoms with E-state index >= 15 is 0 Å². The Morgan fingerprint density at radius 3 is 2.95 bits per heavy atom. The quantitative estimate of drug-likeness (QED) is 0.583. The molecule has 1 unspecified atom stereocenters. The molecule has 5 heteroatoms. The first-order valence-corrected chi connectivity index (χ1v) is 6.15. The van der Waals surface area contributed by atoms with Gasteiger partial charge in [-0.25, -0.2) is 4.79 Å². The predicted molar refractivity (Wildman–Crippen MR) is 72.2 cm³/mol. The number of aromatic nitrogens is 1. The van der Waals surface area contributed by atoms with Gasteiger partial charge in [-0.05, 0) is 38.3 Å². The van der Waals surface area contributed by atoms with Crippen LogP contribution in [0.5, 0.6) is 0 Å². The fourth-order valence-corrected chi connectivity index (χ4v) is 1.63. The topological polar surface area (TPSA) is 79.3 Å². The second-order valence-corrected chi connectivity index (χ2v) is 4.33. The van der Waals surface area contributed by atoms with Gasteiger partial charge in [-0.3, -0.25) is 9.78 Å². The molecule has 0 bridgehead atoms. The van der Waals surface area contributed by atoms with E-state index in [4.69, 9.17) is 5.11 Å². The standard InChI is InChI=1S/C14H18N2O3/c1-3-4-5-6-10(2)16-13(17)12-9-11(14(18)19)7-8-15-12/h3,7-10H,1,4-6H2,2H3,(H,16,17)(H,18,19). The number of nitrogens with zero attached hydrogens (tertiary/aromatic N) is 1. The number of hydrogen-bond donors (Lipinski definition) is 2. The summed E-state index contributed by atoms with van der Waals surface area (Å²) >= 11 is 0. The third-order valence-corrected chi connectivity index (χ3v) is 2.66. The fraction of sp³-hybridized carbons (Fsp3) is 0.357. The highest BCUT2D eigenvalue weighted by Crippen LogP contribution is 2.05. The maximum Gasteiger partial charge on any atom is 0.335 e. The van der Waals surface area contributed by atoms with E-state index in [9.17, 15) is 9.59 Å². The molecule has 1 atom stereocenters. The van der Waals surface area contributed by atoms with Crippen LogP contribution in [0.25, 0.3) is 0 Å². The number of allylic oxidation sites excluding steroid dienone is 1. The second-order valence-electron chi connectivity index (χ2n) is 4.33. The zero-order valence-corrected chi connectivity index (χ0v) is 10.9. The lowest BCUT2D eigenvalue weighted by Gasteiger charge is -2.13. The molecule has 0 fully saturated rings. The van der Waals surface area contributed by atoms with Crippen LogP contribution in [-0.2, 0) is 0 Å². The lowest BCUT2D eigenvalue weighted by atomic mass is 10.1. The highest BCUT2D eigenvalue weighted by atomic mass is 16.4. The van der Waals surface area contributed by atoms with Gasteiger partial charge in [-0.2, -0.15) is 0 Å². The molecule has 0 radical (unpaired) electrons. The van der Waals surface area contributed by atoms with Crippen LogP contribution in [0.15, 0.2) is 31.0 Å². The van der Waals surface area contributed by atoms with Crippen molar-refractivity contribution in [3.8, 4) is 0 Å². The Morgan fingerprint density at radius 2 is 2.32 bits per heavy atom. The molecule has 1 heterocycles. The van der Waals surface area contributed by atoms with Gasteiger partial charge in [0.2, 0.25) is 0 Å². The molecular formula is C14H18N2O3. The Hall–Kier alpha value is -2.17. The summed E-state index contributed by atoms with van der Waals surface area (Å²) in [7, 11) is 0. The molecule has 1 rings (SSSR count). The average molecular weight is 262 g/mol. The van der Waals surface area contributed by atoms with Crippen LogP contribution in [0, 0.1) is 0 Å². The number of hydrogen-bond acceptors (Lipinski definition) is 3. The zero-order chi connectivity index (χ0) is 14.3. The molecule has 102 valence electrons. The predicted octanol–water partition coefficient (Wildman–Crippen LogP) is 2.25. The number of carboxylic acid groups (broad SMARTS) is 1.